The summed E-state index contributed by atoms with van der Waals surface area (Å²) in [6.45, 7) is 0. The maximum atomic E-state index is 10.7. The van der Waals surface area contributed by atoms with Crippen LogP contribution >= 0.6 is 11.6 Å². The van der Waals surface area contributed by atoms with E-state index in [-0.39, 0.29) is 10.7 Å². The van der Waals surface area contributed by atoms with E-state index in [4.69, 9.17) is 16.7 Å². The van der Waals surface area contributed by atoms with Gasteiger partial charge in [0.1, 0.15) is 5.15 Å². The van der Waals surface area contributed by atoms with Crippen molar-refractivity contribution in [2.75, 3.05) is 0 Å². The van der Waals surface area contributed by atoms with Crippen molar-refractivity contribution in [2.24, 2.45) is 0 Å². The molecule has 0 unspecified atom stereocenters. The van der Waals surface area contributed by atoms with Crippen molar-refractivity contribution in [1.82, 2.24) is 4.98 Å². The summed E-state index contributed by atoms with van der Waals surface area (Å²) < 4.78 is 0. The summed E-state index contributed by atoms with van der Waals surface area (Å²) in [5, 5.41) is 8.90. The molecule has 0 atom stereocenters. The molecule has 1 heterocycles. The minimum absolute atomic E-state index is 0.0819. The Kier molecular flexibility index (Phi) is 2.91. The van der Waals surface area contributed by atoms with Crippen LogP contribution in [0, 0.1) is 0 Å². The molecule has 1 aromatic rings. The van der Waals surface area contributed by atoms with Crippen LogP contribution in [0.25, 0.3) is 0 Å². The molecule has 0 spiro atoms. The van der Waals surface area contributed by atoms with Gasteiger partial charge in [0.2, 0.25) is 0 Å². The molecule has 1 aliphatic carbocycles. The number of nitrogens with zero attached hydrogens (tertiary/aromatic N) is 1. The van der Waals surface area contributed by atoms with E-state index in [9.17, 15) is 4.79 Å². The fraction of sp³-hybridized carbons (Fsp3) is 0.455. The lowest BCUT2D eigenvalue weighted by atomic mass is 10.0. The Labute approximate surface area is 93.1 Å². The molecule has 0 bridgehead atoms. The number of aromatic nitrogens is 1. The second-order valence-electron chi connectivity index (χ2n) is 3.86. The number of pyridine rings is 1. The Morgan fingerprint density at radius 2 is 2.07 bits per heavy atom. The highest BCUT2D eigenvalue weighted by Gasteiger charge is 2.20. The van der Waals surface area contributed by atoms with Gasteiger partial charge in [-0.05, 0) is 25.0 Å². The molecule has 1 aromatic heterocycles. The van der Waals surface area contributed by atoms with Crippen LogP contribution in [0.3, 0.4) is 0 Å². The van der Waals surface area contributed by atoms with Gasteiger partial charge in [-0.1, -0.05) is 24.4 Å². The molecule has 0 saturated heterocycles. The average Bonchev–Trinajstić information content (AvgIpc) is 2.69. The van der Waals surface area contributed by atoms with Gasteiger partial charge < -0.3 is 5.11 Å². The van der Waals surface area contributed by atoms with Crippen molar-refractivity contribution in [2.45, 2.75) is 31.6 Å². The predicted octanol–water partition coefficient (Wildman–Crippen LogP) is 3.09. The zero-order valence-corrected chi connectivity index (χ0v) is 9.00. The standard InChI is InChI=1S/C11H12ClNO2/c12-10-8(11(14)15)5-6-9(13-10)7-3-1-2-4-7/h5-7H,1-4H2,(H,14,15). The van der Waals surface area contributed by atoms with E-state index in [0.717, 1.165) is 18.5 Å². The molecular weight excluding hydrogens is 214 g/mol. The van der Waals surface area contributed by atoms with Gasteiger partial charge in [0.05, 0.1) is 5.56 Å². The van der Waals surface area contributed by atoms with Crippen LogP contribution in [-0.4, -0.2) is 16.1 Å². The van der Waals surface area contributed by atoms with Crippen molar-refractivity contribution >= 4 is 17.6 Å². The third-order valence-electron chi connectivity index (χ3n) is 2.87. The van der Waals surface area contributed by atoms with E-state index in [1.54, 1.807) is 12.1 Å². The molecular formula is C11H12ClNO2. The van der Waals surface area contributed by atoms with E-state index in [2.05, 4.69) is 4.98 Å². The Balaban J connectivity index is 2.28. The molecule has 1 fully saturated rings. The van der Waals surface area contributed by atoms with Gasteiger partial charge in [0.25, 0.3) is 0 Å². The maximum absolute atomic E-state index is 10.7. The smallest absolute Gasteiger partial charge is 0.338 e. The van der Waals surface area contributed by atoms with E-state index in [0.29, 0.717) is 5.92 Å². The molecule has 1 saturated carbocycles. The number of hydrogen-bond acceptors (Lipinski definition) is 2. The Bertz CT molecular complexity index is 386. The van der Waals surface area contributed by atoms with Gasteiger partial charge in [0.15, 0.2) is 0 Å². The van der Waals surface area contributed by atoms with Gasteiger partial charge in [-0.2, -0.15) is 0 Å². The van der Waals surface area contributed by atoms with Crippen molar-refractivity contribution in [3.63, 3.8) is 0 Å². The molecule has 0 aromatic carbocycles. The first-order valence-corrected chi connectivity index (χ1v) is 5.46. The number of hydrogen-bond donors (Lipinski definition) is 1. The first-order chi connectivity index (χ1) is 7.18. The zero-order valence-electron chi connectivity index (χ0n) is 8.24. The topological polar surface area (TPSA) is 50.2 Å². The minimum Gasteiger partial charge on any atom is -0.478 e. The molecule has 1 N–H and O–H groups in total. The Hall–Kier alpha value is -1.09. The Morgan fingerprint density at radius 3 is 2.60 bits per heavy atom. The molecule has 0 amide bonds. The van der Waals surface area contributed by atoms with Crippen molar-refractivity contribution in [3.05, 3.63) is 28.5 Å². The van der Waals surface area contributed by atoms with E-state index in [1.165, 1.54) is 12.8 Å². The molecule has 2 rings (SSSR count). The first kappa shape index (κ1) is 10.4. The summed E-state index contributed by atoms with van der Waals surface area (Å²) in [7, 11) is 0. The lowest BCUT2D eigenvalue weighted by molar-refractivity contribution is 0.0696. The molecule has 0 radical (unpaired) electrons. The molecule has 3 nitrogen and oxygen atoms in total. The van der Waals surface area contributed by atoms with E-state index >= 15 is 0 Å². The van der Waals surface area contributed by atoms with Gasteiger partial charge in [-0.25, -0.2) is 9.78 Å². The van der Waals surface area contributed by atoms with Crippen LogP contribution < -0.4 is 0 Å². The van der Waals surface area contributed by atoms with Crippen LogP contribution in [0.15, 0.2) is 12.1 Å². The van der Waals surface area contributed by atoms with Crippen LogP contribution in [0.4, 0.5) is 0 Å². The van der Waals surface area contributed by atoms with Gasteiger partial charge in [0, 0.05) is 11.6 Å². The molecule has 80 valence electrons. The van der Waals surface area contributed by atoms with Gasteiger partial charge >= 0.3 is 5.97 Å². The lowest BCUT2D eigenvalue weighted by Crippen LogP contribution is -2.03. The van der Waals surface area contributed by atoms with Gasteiger partial charge in [-0.3, -0.25) is 0 Å². The first-order valence-electron chi connectivity index (χ1n) is 5.08. The second-order valence-corrected chi connectivity index (χ2v) is 4.22. The van der Waals surface area contributed by atoms with Crippen LogP contribution in [0.2, 0.25) is 5.15 Å². The van der Waals surface area contributed by atoms with Crippen molar-refractivity contribution < 1.29 is 9.90 Å². The van der Waals surface area contributed by atoms with Crippen LogP contribution in [0.5, 0.6) is 0 Å². The molecule has 1 aliphatic rings. The second kappa shape index (κ2) is 4.19. The summed E-state index contributed by atoms with van der Waals surface area (Å²) in [4.78, 5) is 14.9. The third-order valence-corrected chi connectivity index (χ3v) is 3.16. The number of carboxylic acid groups (broad SMARTS) is 1. The predicted molar refractivity (Wildman–Crippen MR) is 57.4 cm³/mol. The third kappa shape index (κ3) is 2.12. The zero-order chi connectivity index (χ0) is 10.8. The fourth-order valence-electron chi connectivity index (χ4n) is 2.06. The molecule has 4 heteroatoms. The highest BCUT2D eigenvalue weighted by atomic mass is 35.5. The monoisotopic (exact) mass is 225 g/mol. The van der Waals surface area contributed by atoms with Crippen molar-refractivity contribution in [3.8, 4) is 0 Å². The normalized spacial score (nSPS) is 16.9. The van der Waals surface area contributed by atoms with Crippen molar-refractivity contribution in [1.29, 1.82) is 0 Å². The number of carbonyl (C=O) groups is 1. The van der Waals surface area contributed by atoms with E-state index < -0.39 is 5.97 Å². The van der Waals surface area contributed by atoms with Gasteiger partial charge in [-0.15, -0.1) is 0 Å². The van der Waals surface area contributed by atoms with Crippen LogP contribution in [0.1, 0.15) is 47.7 Å². The molecule has 0 aliphatic heterocycles. The molecule has 15 heavy (non-hydrogen) atoms. The Morgan fingerprint density at radius 1 is 1.40 bits per heavy atom. The average molecular weight is 226 g/mol. The van der Waals surface area contributed by atoms with E-state index in [1.807, 2.05) is 0 Å². The summed E-state index contributed by atoms with van der Waals surface area (Å²) in [5.74, 6) is -0.559. The fourth-order valence-corrected chi connectivity index (χ4v) is 2.30. The lowest BCUT2D eigenvalue weighted by Gasteiger charge is -2.09. The minimum atomic E-state index is -1.02. The number of carboxylic acids is 1. The number of halogens is 1. The quantitative estimate of drug-likeness (QED) is 0.787. The highest BCUT2D eigenvalue weighted by Crippen LogP contribution is 2.33. The largest absolute Gasteiger partial charge is 0.478 e. The summed E-state index contributed by atoms with van der Waals surface area (Å²) >= 11 is 5.81. The SMILES string of the molecule is O=C(O)c1ccc(C2CCCC2)nc1Cl. The maximum Gasteiger partial charge on any atom is 0.338 e. The summed E-state index contributed by atoms with van der Waals surface area (Å²) in [5.41, 5.74) is 1.01. The summed E-state index contributed by atoms with van der Waals surface area (Å²) in [6, 6.07) is 3.33. The number of rotatable bonds is 2. The number of aromatic carboxylic acids is 1. The highest BCUT2D eigenvalue weighted by molar-refractivity contribution is 6.32. The van der Waals surface area contributed by atoms with Crippen LogP contribution in [-0.2, 0) is 0 Å². The summed E-state index contributed by atoms with van der Waals surface area (Å²) in [6.07, 6.45) is 4.72.